The molecule has 26 heavy (non-hydrogen) atoms. The number of nitrogens with zero attached hydrogens (tertiary/aromatic N) is 1. The van der Waals surface area contributed by atoms with Gasteiger partial charge in [-0.3, -0.25) is 0 Å². The number of ether oxygens (including phenoxy) is 1. The molecule has 2 nitrogen and oxygen atoms in total. The van der Waals surface area contributed by atoms with Crippen LogP contribution in [0.25, 0.3) is 0 Å². The lowest BCUT2D eigenvalue weighted by Gasteiger charge is -2.20. The van der Waals surface area contributed by atoms with Gasteiger partial charge in [0, 0.05) is 22.2 Å². The van der Waals surface area contributed by atoms with Gasteiger partial charge in [0.2, 0.25) is 0 Å². The van der Waals surface area contributed by atoms with Crippen LogP contribution in [0.5, 0.6) is 5.75 Å². The minimum absolute atomic E-state index is 0. The minimum atomic E-state index is 0. The van der Waals surface area contributed by atoms with E-state index in [1.165, 1.54) is 31.5 Å². The average Bonchev–Trinajstić information content (AvgIpc) is 2.60. The Labute approximate surface area is 173 Å². The topological polar surface area (TPSA) is 12.5 Å². The maximum atomic E-state index is 6.17. The van der Waals surface area contributed by atoms with Crippen molar-refractivity contribution < 1.29 is 4.74 Å². The number of rotatable bonds is 10. The Morgan fingerprint density at radius 3 is 2.12 bits per heavy atom. The van der Waals surface area contributed by atoms with Crippen LogP contribution in [-0.2, 0) is 13.0 Å². The molecule has 0 aliphatic heterocycles. The molecule has 2 aromatic rings. The summed E-state index contributed by atoms with van der Waals surface area (Å²) < 4.78 is 5.83. The van der Waals surface area contributed by atoms with Crippen LogP contribution in [0.4, 0.5) is 0 Å². The molecule has 144 valence electrons. The van der Waals surface area contributed by atoms with Gasteiger partial charge in [0.1, 0.15) is 12.4 Å². The standard InChI is InChI=1S/C21H27Cl2NO.ClH/c1-3-12-24(13-4-2)14-11-17-5-9-20(10-6-17)25-16-18-7-8-19(22)15-21(18)23;/h5-10,15H,3-4,11-14,16H2,1-2H3;1H. The van der Waals surface area contributed by atoms with Crippen molar-refractivity contribution in [3.05, 3.63) is 63.6 Å². The Bertz CT molecular complexity index is 640. The summed E-state index contributed by atoms with van der Waals surface area (Å²) in [6.45, 7) is 8.38. The fraction of sp³-hybridized carbons (Fsp3) is 0.429. The van der Waals surface area contributed by atoms with Crippen LogP contribution in [0.1, 0.15) is 37.8 Å². The number of benzene rings is 2. The predicted molar refractivity (Wildman–Crippen MR) is 115 cm³/mol. The molecule has 0 aliphatic carbocycles. The Morgan fingerprint density at radius 1 is 0.885 bits per heavy atom. The molecule has 2 rings (SSSR count). The van der Waals surface area contributed by atoms with E-state index < -0.39 is 0 Å². The molecule has 0 heterocycles. The highest BCUT2D eigenvalue weighted by atomic mass is 35.5. The van der Waals surface area contributed by atoms with E-state index in [0.717, 1.165) is 24.3 Å². The summed E-state index contributed by atoms with van der Waals surface area (Å²) >= 11 is 12.1. The fourth-order valence-corrected chi connectivity index (χ4v) is 3.27. The molecule has 0 spiro atoms. The van der Waals surface area contributed by atoms with Gasteiger partial charge in [-0.15, -0.1) is 12.4 Å². The van der Waals surface area contributed by atoms with E-state index in [-0.39, 0.29) is 12.4 Å². The Morgan fingerprint density at radius 2 is 1.54 bits per heavy atom. The molecule has 0 unspecified atom stereocenters. The van der Waals surface area contributed by atoms with E-state index in [0.29, 0.717) is 16.7 Å². The van der Waals surface area contributed by atoms with Gasteiger partial charge in [0.15, 0.2) is 0 Å². The molecular formula is C21H28Cl3NO. The molecule has 0 radical (unpaired) electrons. The van der Waals surface area contributed by atoms with Crippen molar-refractivity contribution in [2.45, 2.75) is 39.7 Å². The predicted octanol–water partition coefficient (Wildman–Crippen LogP) is 6.66. The first-order valence-corrected chi connectivity index (χ1v) is 9.76. The van der Waals surface area contributed by atoms with E-state index in [1.54, 1.807) is 6.07 Å². The molecule has 0 amide bonds. The van der Waals surface area contributed by atoms with Gasteiger partial charge >= 0.3 is 0 Å². The smallest absolute Gasteiger partial charge is 0.119 e. The van der Waals surface area contributed by atoms with E-state index in [4.69, 9.17) is 27.9 Å². The number of hydrogen-bond donors (Lipinski definition) is 0. The van der Waals surface area contributed by atoms with Crippen LogP contribution >= 0.6 is 35.6 Å². The van der Waals surface area contributed by atoms with Crippen molar-refractivity contribution in [1.29, 1.82) is 0 Å². The summed E-state index contributed by atoms with van der Waals surface area (Å²) in [4.78, 5) is 2.53. The van der Waals surface area contributed by atoms with Crippen LogP contribution in [0, 0.1) is 0 Å². The zero-order valence-electron chi connectivity index (χ0n) is 15.5. The molecule has 0 N–H and O–H groups in total. The van der Waals surface area contributed by atoms with Crippen LogP contribution in [0.3, 0.4) is 0 Å². The highest BCUT2D eigenvalue weighted by Gasteiger charge is 2.05. The third-order valence-electron chi connectivity index (χ3n) is 4.13. The number of hydrogen-bond acceptors (Lipinski definition) is 2. The van der Waals surface area contributed by atoms with Gasteiger partial charge in [-0.25, -0.2) is 0 Å². The Balaban J connectivity index is 0.00000338. The molecular weight excluding hydrogens is 389 g/mol. The molecule has 2 aromatic carbocycles. The first-order chi connectivity index (χ1) is 12.1. The second-order valence-electron chi connectivity index (χ2n) is 6.26. The van der Waals surface area contributed by atoms with E-state index in [9.17, 15) is 0 Å². The van der Waals surface area contributed by atoms with Crippen molar-refractivity contribution in [3.63, 3.8) is 0 Å². The summed E-state index contributed by atoms with van der Waals surface area (Å²) in [5.41, 5.74) is 2.28. The van der Waals surface area contributed by atoms with E-state index >= 15 is 0 Å². The third kappa shape index (κ3) is 7.75. The molecule has 0 aromatic heterocycles. The minimum Gasteiger partial charge on any atom is -0.489 e. The average molecular weight is 417 g/mol. The van der Waals surface area contributed by atoms with Gasteiger partial charge in [0.25, 0.3) is 0 Å². The van der Waals surface area contributed by atoms with Gasteiger partial charge in [0.05, 0.1) is 0 Å². The second kappa shape index (κ2) is 12.5. The van der Waals surface area contributed by atoms with Gasteiger partial charge in [-0.2, -0.15) is 0 Å². The van der Waals surface area contributed by atoms with Crippen LogP contribution in [-0.4, -0.2) is 24.5 Å². The molecule has 0 aliphatic rings. The number of halogens is 3. The van der Waals surface area contributed by atoms with Crippen molar-refractivity contribution in [2.75, 3.05) is 19.6 Å². The zero-order chi connectivity index (χ0) is 18.1. The van der Waals surface area contributed by atoms with Crippen molar-refractivity contribution in [2.24, 2.45) is 0 Å². The molecule has 5 heteroatoms. The SMILES string of the molecule is CCCN(CCC)CCc1ccc(OCc2ccc(Cl)cc2Cl)cc1.Cl. The summed E-state index contributed by atoms with van der Waals surface area (Å²) in [5, 5.41) is 1.27. The summed E-state index contributed by atoms with van der Waals surface area (Å²) in [7, 11) is 0. The lowest BCUT2D eigenvalue weighted by molar-refractivity contribution is 0.278. The first-order valence-electron chi connectivity index (χ1n) is 9.00. The zero-order valence-corrected chi connectivity index (χ0v) is 17.8. The summed E-state index contributed by atoms with van der Waals surface area (Å²) in [6.07, 6.45) is 3.49. The molecule has 0 fully saturated rings. The van der Waals surface area contributed by atoms with Gasteiger partial charge < -0.3 is 9.64 Å². The van der Waals surface area contributed by atoms with E-state index in [1.807, 2.05) is 24.3 Å². The van der Waals surface area contributed by atoms with Crippen LogP contribution in [0.15, 0.2) is 42.5 Å². The molecule has 0 bridgehead atoms. The lowest BCUT2D eigenvalue weighted by Crippen LogP contribution is -2.27. The molecule has 0 saturated carbocycles. The van der Waals surface area contributed by atoms with Crippen LogP contribution < -0.4 is 4.74 Å². The summed E-state index contributed by atoms with van der Waals surface area (Å²) in [6, 6.07) is 13.8. The third-order valence-corrected chi connectivity index (χ3v) is 4.72. The Kier molecular flexibility index (Phi) is 11.1. The maximum absolute atomic E-state index is 6.17. The van der Waals surface area contributed by atoms with Crippen LogP contribution in [0.2, 0.25) is 10.0 Å². The lowest BCUT2D eigenvalue weighted by atomic mass is 10.1. The second-order valence-corrected chi connectivity index (χ2v) is 7.10. The van der Waals surface area contributed by atoms with Gasteiger partial charge in [-0.1, -0.05) is 55.2 Å². The van der Waals surface area contributed by atoms with Crippen molar-refractivity contribution in [3.8, 4) is 5.75 Å². The Hall–Kier alpha value is -0.930. The van der Waals surface area contributed by atoms with Crippen molar-refractivity contribution >= 4 is 35.6 Å². The highest BCUT2D eigenvalue weighted by molar-refractivity contribution is 6.35. The normalized spacial score (nSPS) is 10.7. The van der Waals surface area contributed by atoms with Gasteiger partial charge in [-0.05, 0) is 62.2 Å². The summed E-state index contributed by atoms with van der Waals surface area (Å²) in [5.74, 6) is 0.855. The van der Waals surface area contributed by atoms with Crippen molar-refractivity contribution in [1.82, 2.24) is 4.90 Å². The van der Waals surface area contributed by atoms with E-state index in [2.05, 4.69) is 30.9 Å². The quantitative estimate of drug-likeness (QED) is 0.429. The maximum Gasteiger partial charge on any atom is 0.119 e. The molecule has 0 atom stereocenters. The molecule has 0 saturated heterocycles. The first kappa shape index (κ1) is 23.1. The highest BCUT2D eigenvalue weighted by Crippen LogP contribution is 2.23. The fourth-order valence-electron chi connectivity index (χ4n) is 2.81. The largest absolute Gasteiger partial charge is 0.489 e. The monoisotopic (exact) mass is 415 g/mol.